The Hall–Kier alpha value is -5.05. The van der Waals surface area contributed by atoms with Crippen LogP contribution in [0.15, 0.2) is 83.9 Å². The lowest BCUT2D eigenvalue weighted by atomic mass is 9.99. The summed E-state index contributed by atoms with van der Waals surface area (Å²) in [6.45, 7) is 5.95. The first kappa shape index (κ1) is 25.6. The minimum atomic E-state index is -0.598. The second-order valence-corrected chi connectivity index (χ2v) is 9.14. The molecule has 0 aliphatic carbocycles. The number of nitrogens with one attached hydrogen (secondary N) is 3. The fourth-order valence-electron chi connectivity index (χ4n) is 4.40. The van der Waals surface area contributed by atoms with Crippen molar-refractivity contribution in [1.29, 1.82) is 0 Å². The summed E-state index contributed by atoms with van der Waals surface area (Å²) >= 11 is 0. The van der Waals surface area contributed by atoms with Gasteiger partial charge in [0, 0.05) is 41.1 Å². The molecule has 0 saturated carbocycles. The molecule has 0 aliphatic heterocycles. The topological polar surface area (TPSA) is 101 Å². The summed E-state index contributed by atoms with van der Waals surface area (Å²) in [6, 6.07) is 18.5. The number of benzene rings is 2. The van der Waals surface area contributed by atoms with Crippen molar-refractivity contribution in [3.8, 4) is 11.1 Å². The number of anilines is 4. The van der Waals surface area contributed by atoms with Gasteiger partial charge < -0.3 is 20.5 Å². The molecule has 9 heteroatoms. The second kappa shape index (κ2) is 10.7. The van der Waals surface area contributed by atoms with E-state index in [-0.39, 0.29) is 11.2 Å². The van der Waals surface area contributed by atoms with Crippen molar-refractivity contribution < 1.29 is 9.18 Å². The van der Waals surface area contributed by atoms with Gasteiger partial charge in [-0.25, -0.2) is 14.2 Å². The lowest BCUT2D eigenvalue weighted by molar-refractivity contribution is 0.262. The quantitative estimate of drug-likeness (QED) is 0.233. The van der Waals surface area contributed by atoms with Gasteiger partial charge in [-0.05, 0) is 74.4 Å². The first-order valence-corrected chi connectivity index (χ1v) is 12.5. The van der Waals surface area contributed by atoms with Crippen LogP contribution >= 0.6 is 0 Å². The minimum absolute atomic E-state index is 0.0315. The summed E-state index contributed by atoms with van der Waals surface area (Å²) < 4.78 is 16.5. The van der Waals surface area contributed by atoms with Gasteiger partial charge in [0.1, 0.15) is 11.6 Å². The van der Waals surface area contributed by atoms with E-state index in [1.807, 2.05) is 38.1 Å². The Morgan fingerprint density at radius 2 is 1.69 bits per heavy atom. The lowest BCUT2D eigenvalue weighted by Gasteiger charge is -2.16. The number of aryl methyl sites for hydroxylation is 3. The standard InChI is InChI=1S/C30H27FN6O2/c1-4-37-27-15-28(34-22-11-10-19(3)32-17-22)33-16-20(27)13-24(29(37)38)23-14-26(25(31)12-18(23)2)36-30(39)35-21-8-6-5-7-9-21/h5-17H,4H2,1-3H3,(H,33,34)(H2,35,36,39). The van der Waals surface area contributed by atoms with E-state index in [1.54, 1.807) is 54.2 Å². The van der Waals surface area contributed by atoms with Crippen molar-refractivity contribution in [3.05, 3.63) is 107 Å². The molecular weight excluding hydrogens is 495 g/mol. The molecule has 0 atom stereocenters. The maximum atomic E-state index is 14.8. The number of urea groups is 1. The van der Waals surface area contributed by atoms with Crippen LogP contribution in [0.25, 0.3) is 22.0 Å². The summed E-state index contributed by atoms with van der Waals surface area (Å²) in [5.74, 6) is -0.0181. The number of halogens is 1. The SMILES string of the molecule is CCn1c(=O)c(-c2cc(NC(=O)Nc3ccccc3)c(F)cc2C)cc2cnc(Nc3ccc(C)nc3)cc21. The normalized spacial score (nSPS) is 10.9. The zero-order chi connectivity index (χ0) is 27.5. The number of para-hydroxylation sites is 1. The van der Waals surface area contributed by atoms with E-state index in [0.717, 1.165) is 16.8 Å². The third-order valence-corrected chi connectivity index (χ3v) is 6.36. The van der Waals surface area contributed by atoms with Crippen molar-refractivity contribution in [2.45, 2.75) is 27.3 Å². The Balaban J connectivity index is 1.51. The number of pyridine rings is 3. The summed E-state index contributed by atoms with van der Waals surface area (Å²) in [7, 11) is 0. The number of rotatable bonds is 6. The Morgan fingerprint density at radius 1 is 0.897 bits per heavy atom. The number of nitrogens with zero attached hydrogens (tertiary/aromatic N) is 3. The Kier molecular flexibility index (Phi) is 7.05. The van der Waals surface area contributed by atoms with Crippen molar-refractivity contribution in [1.82, 2.24) is 14.5 Å². The highest BCUT2D eigenvalue weighted by Gasteiger charge is 2.17. The van der Waals surface area contributed by atoms with Crippen molar-refractivity contribution >= 4 is 39.8 Å². The smallest absolute Gasteiger partial charge is 0.323 e. The number of amides is 2. The molecule has 3 heterocycles. The average molecular weight is 523 g/mol. The van der Waals surface area contributed by atoms with Gasteiger partial charge in [0.15, 0.2) is 0 Å². The largest absolute Gasteiger partial charge is 0.339 e. The maximum Gasteiger partial charge on any atom is 0.323 e. The second-order valence-electron chi connectivity index (χ2n) is 9.14. The molecule has 0 unspecified atom stereocenters. The molecule has 0 saturated heterocycles. The van der Waals surface area contributed by atoms with Gasteiger partial charge in [-0.2, -0.15) is 0 Å². The number of aromatic nitrogens is 3. The first-order chi connectivity index (χ1) is 18.8. The third-order valence-electron chi connectivity index (χ3n) is 6.36. The third kappa shape index (κ3) is 5.47. The molecule has 3 aromatic heterocycles. The van der Waals surface area contributed by atoms with E-state index in [0.29, 0.717) is 40.3 Å². The van der Waals surface area contributed by atoms with Gasteiger partial charge in [-0.1, -0.05) is 18.2 Å². The van der Waals surface area contributed by atoms with Crippen molar-refractivity contribution in [2.24, 2.45) is 0 Å². The average Bonchev–Trinajstić information content (AvgIpc) is 2.92. The number of fused-ring (bicyclic) bond motifs is 1. The van der Waals surface area contributed by atoms with E-state index in [2.05, 4.69) is 25.9 Å². The molecule has 39 heavy (non-hydrogen) atoms. The van der Waals surface area contributed by atoms with Crippen LogP contribution in [-0.4, -0.2) is 20.6 Å². The van der Waals surface area contributed by atoms with Gasteiger partial charge in [-0.15, -0.1) is 0 Å². The molecule has 196 valence electrons. The fraction of sp³-hybridized carbons (Fsp3) is 0.133. The fourth-order valence-corrected chi connectivity index (χ4v) is 4.40. The Bertz CT molecular complexity index is 1730. The summed E-state index contributed by atoms with van der Waals surface area (Å²) in [6.07, 6.45) is 3.42. The summed E-state index contributed by atoms with van der Waals surface area (Å²) in [5, 5.41) is 9.20. The summed E-state index contributed by atoms with van der Waals surface area (Å²) in [4.78, 5) is 35.0. The predicted molar refractivity (Wildman–Crippen MR) is 153 cm³/mol. The van der Waals surface area contributed by atoms with Gasteiger partial charge >= 0.3 is 6.03 Å². The van der Waals surface area contributed by atoms with E-state index in [1.165, 1.54) is 12.1 Å². The van der Waals surface area contributed by atoms with Crippen molar-refractivity contribution in [3.63, 3.8) is 0 Å². The zero-order valence-corrected chi connectivity index (χ0v) is 21.7. The number of hydrogen-bond donors (Lipinski definition) is 3. The van der Waals surface area contributed by atoms with Crippen LogP contribution < -0.4 is 21.5 Å². The maximum absolute atomic E-state index is 14.8. The molecule has 0 aliphatic rings. The van der Waals surface area contributed by atoms with Gasteiger partial charge in [0.2, 0.25) is 0 Å². The molecule has 0 bridgehead atoms. The molecule has 3 N–H and O–H groups in total. The van der Waals surface area contributed by atoms with Crippen molar-refractivity contribution in [2.75, 3.05) is 16.0 Å². The van der Waals surface area contributed by atoms with E-state index >= 15 is 0 Å². The van der Waals surface area contributed by atoms with Gasteiger partial charge in [-0.3, -0.25) is 9.78 Å². The Morgan fingerprint density at radius 3 is 2.41 bits per heavy atom. The lowest BCUT2D eigenvalue weighted by Crippen LogP contribution is -2.22. The van der Waals surface area contributed by atoms with Gasteiger partial charge in [0.05, 0.1) is 23.1 Å². The number of carbonyl (C=O) groups is 1. The van der Waals surface area contributed by atoms with Crippen LogP contribution in [0.5, 0.6) is 0 Å². The predicted octanol–water partition coefficient (Wildman–Crippen LogP) is 6.62. The van der Waals surface area contributed by atoms with Crippen LogP contribution in [0.1, 0.15) is 18.2 Å². The van der Waals surface area contributed by atoms with Crippen LogP contribution in [-0.2, 0) is 6.54 Å². The highest BCUT2D eigenvalue weighted by Crippen LogP contribution is 2.30. The van der Waals surface area contributed by atoms with E-state index in [9.17, 15) is 14.0 Å². The van der Waals surface area contributed by atoms with E-state index in [4.69, 9.17) is 0 Å². The molecular formula is C30H27FN6O2. The summed E-state index contributed by atoms with van der Waals surface area (Å²) in [5.41, 5.74) is 4.20. The minimum Gasteiger partial charge on any atom is -0.339 e. The highest BCUT2D eigenvalue weighted by molar-refractivity contribution is 6.00. The molecule has 8 nitrogen and oxygen atoms in total. The Labute approximate surface area is 224 Å². The zero-order valence-electron chi connectivity index (χ0n) is 21.7. The molecule has 0 radical (unpaired) electrons. The highest BCUT2D eigenvalue weighted by atomic mass is 19.1. The molecule has 2 aromatic carbocycles. The van der Waals surface area contributed by atoms with Crippen LogP contribution in [0.4, 0.5) is 32.1 Å². The molecule has 0 spiro atoms. The number of hydrogen-bond acceptors (Lipinski definition) is 5. The monoisotopic (exact) mass is 522 g/mol. The molecule has 5 rings (SSSR count). The molecule has 2 amide bonds. The molecule has 0 fully saturated rings. The molecule has 5 aromatic rings. The van der Waals surface area contributed by atoms with Crippen LogP contribution in [0.3, 0.4) is 0 Å². The van der Waals surface area contributed by atoms with Crippen LogP contribution in [0.2, 0.25) is 0 Å². The van der Waals surface area contributed by atoms with Gasteiger partial charge in [0.25, 0.3) is 5.56 Å². The first-order valence-electron chi connectivity index (χ1n) is 12.5. The van der Waals surface area contributed by atoms with E-state index < -0.39 is 11.8 Å². The number of carbonyl (C=O) groups excluding carboxylic acids is 1. The van der Waals surface area contributed by atoms with Crippen LogP contribution in [0, 0.1) is 19.7 Å².